The summed E-state index contributed by atoms with van der Waals surface area (Å²) in [6.45, 7) is 0.240. The second kappa shape index (κ2) is 6.34. The molecule has 0 aliphatic heterocycles. The zero-order valence-electron chi connectivity index (χ0n) is 12.0. The topological polar surface area (TPSA) is 132 Å². The Balaban J connectivity index is 2.21. The van der Waals surface area contributed by atoms with Crippen molar-refractivity contribution in [3.8, 4) is 0 Å². The molecule has 0 radical (unpaired) electrons. The van der Waals surface area contributed by atoms with Crippen molar-refractivity contribution in [2.24, 2.45) is 5.73 Å². The number of primary amides is 1. The van der Waals surface area contributed by atoms with Gasteiger partial charge in [0.05, 0.1) is 4.92 Å². The highest BCUT2D eigenvalue weighted by molar-refractivity contribution is 7.92. The number of thiophene rings is 1. The summed E-state index contributed by atoms with van der Waals surface area (Å²) < 4.78 is 23.0. The first kappa shape index (κ1) is 16.9. The van der Waals surface area contributed by atoms with Gasteiger partial charge in [0.15, 0.2) is 14.8 Å². The summed E-state index contributed by atoms with van der Waals surface area (Å²) in [6.07, 6.45) is 0.995. The number of benzene rings is 1. The van der Waals surface area contributed by atoms with E-state index in [2.05, 4.69) is 5.32 Å². The van der Waals surface area contributed by atoms with Crippen LogP contribution in [0.3, 0.4) is 0 Å². The molecule has 1 amide bonds. The Labute approximate surface area is 136 Å². The number of nitrogens with zero attached hydrogens (tertiary/aromatic N) is 1. The van der Waals surface area contributed by atoms with Gasteiger partial charge in [0.1, 0.15) is 4.21 Å². The smallest absolute Gasteiger partial charge is 0.304 e. The number of carbonyl (C=O) groups is 1. The van der Waals surface area contributed by atoms with E-state index in [1.165, 1.54) is 0 Å². The highest BCUT2D eigenvalue weighted by Gasteiger charge is 2.23. The molecule has 23 heavy (non-hydrogen) atoms. The van der Waals surface area contributed by atoms with Crippen molar-refractivity contribution in [2.45, 2.75) is 10.8 Å². The van der Waals surface area contributed by atoms with Gasteiger partial charge in [-0.2, -0.15) is 0 Å². The van der Waals surface area contributed by atoms with Gasteiger partial charge < -0.3 is 11.1 Å². The van der Waals surface area contributed by atoms with Crippen molar-refractivity contribution in [3.63, 3.8) is 0 Å². The first-order chi connectivity index (χ1) is 10.7. The lowest BCUT2D eigenvalue weighted by Crippen LogP contribution is -2.10. The Bertz CT molecular complexity index is 856. The van der Waals surface area contributed by atoms with Crippen LogP contribution in [0.15, 0.2) is 34.5 Å². The van der Waals surface area contributed by atoms with Crippen molar-refractivity contribution in [2.75, 3.05) is 11.6 Å². The fourth-order valence-electron chi connectivity index (χ4n) is 1.77. The molecule has 3 N–H and O–H groups in total. The van der Waals surface area contributed by atoms with Crippen molar-refractivity contribution in [1.82, 2.24) is 0 Å². The van der Waals surface area contributed by atoms with Gasteiger partial charge in [0.2, 0.25) is 5.91 Å². The maximum Gasteiger partial charge on any atom is 0.304 e. The largest absolute Gasteiger partial charge is 0.367 e. The van der Waals surface area contributed by atoms with Gasteiger partial charge in [-0.15, -0.1) is 0 Å². The highest BCUT2D eigenvalue weighted by Crippen LogP contribution is 2.37. The van der Waals surface area contributed by atoms with Gasteiger partial charge in [0.25, 0.3) is 0 Å². The second-order valence-corrected chi connectivity index (χ2v) is 8.02. The van der Waals surface area contributed by atoms with Gasteiger partial charge in [-0.3, -0.25) is 14.9 Å². The van der Waals surface area contributed by atoms with E-state index in [-0.39, 0.29) is 21.4 Å². The van der Waals surface area contributed by atoms with E-state index in [4.69, 9.17) is 5.73 Å². The molecule has 0 bridgehead atoms. The number of nitro groups is 1. The van der Waals surface area contributed by atoms with Crippen LogP contribution in [-0.2, 0) is 16.4 Å². The molecule has 0 spiro atoms. The summed E-state index contributed by atoms with van der Waals surface area (Å²) in [5.74, 6) is -0.545. The van der Waals surface area contributed by atoms with Crippen LogP contribution in [0.1, 0.15) is 15.9 Å². The number of nitrogens with two attached hydrogens (primary N) is 1. The molecule has 1 heterocycles. The summed E-state index contributed by atoms with van der Waals surface area (Å²) in [7, 11) is -3.51. The molecule has 10 heteroatoms. The van der Waals surface area contributed by atoms with Crippen LogP contribution in [0.25, 0.3) is 0 Å². The fourth-order valence-corrected chi connectivity index (χ4v) is 3.71. The van der Waals surface area contributed by atoms with Crippen LogP contribution < -0.4 is 11.1 Å². The number of nitrogens with one attached hydrogen (secondary N) is 1. The molecule has 8 nitrogen and oxygen atoms in total. The molecular weight excluding hydrogens is 342 g/mol. The van der Waals surface area contributed by atoms with Gasteiger partial charge >= 0.3 is 5.69 Å². The zero-order valence-corrected chi connectivity index (χ0v) is 13.6. The monoisotopic (exact) mass is 355 g/mol. The number of anilines is 1. The molecule has 0 saturated heterocycles. The average molecular weight is 355 g/mol. The van der Waals surface area contributed by atoms with E-state index in [9.17, 15) is 23.3 Å². The van der Waals surface area contributed by atoms with Crippen molar-refractivity contribution >= 4 is 37.8 Å². The van der Waals surface area contributed by atoms with Crippen LogP contribution in [-0.4, -0.2) is 25.5 Å². The van der Waals surface area contributed by atoms with E-state index in [1.54, 1.807) is 24.3 Å². The van der Waals surface area contributed by atoms with Crippen LogP contribution in [0.4, 0.5) is 10.7 Å². The lowest BCUT2D eigenvalue weighted by Gasteiger charge is -2.04. The van der Waals surface area contributed by atoms with E-state index in [0.717, 1.165) is 29.2 Å². The Morgan fingerprint density at radius 3 is 2.43 bits per heavy atom. The minimum absolute atomic E-state index is 0.0734. The summed E-state index contributed by atoms with van der Waals surface area (Å²) in [4.78, 5) is 21.4. The predicted molar refractivity (Wildman–Crippen MR) is 86.4 cm³/mol. The summed E-state index contributed by atoms with van der Waals surface area (Å²) in [5, 5.41) is 14.0. The molecule has 122 valence electrons. The van der Waals surface area contributed by atoms with Crippen molar-refractivity contribution in [3.05, 3.63) is 51.6 Å². The molecule has 2 aromatic rings. The molecule has 0 fully saturated rings. The third-order valence-electron chi connectivity index (χ3n) is 2.94. The minimum atomic E-state index is -3.51. The van der Waals surface area contributed by atoms with Crippen molar-refractivity contribution in [1.29, 1.82) is 0 Å². The molecule has 1 aromatic heterocycles. The van der Waals surface area contributed by atoms with Gasteiger partial charge in [-0.1, -0.05) is 23.5 Å². The second-order valence-electron chi connectivity index (χ2n) is 4.72. The molecule has 0 atom stereocenters. The molecule has 0 saturated carbocycles. The molecule has 0 unspecified atom stereocenters. The van der Waals surface area contributed by atoms with Crippen LogP contribution in [0.2, 0.25) is 0 Å². The number of hydrogen-bond acceptors (Lipinski definition) is 7. The molecule has 1 aromatic carbocycles. The maximum absolute atomic E-state index is 11.5. The third-order valence-corrected chi connectivity index (χ3v) is 5.83. The lowest BCUT2D eigenvalue weighted by atomic mass is 10.1. The standard InChI is InChI=1S/C13H13N3O5S2/c1-23(20,21)11-6-10(16(18)19)13(22-11)15-7-8-2-4-9(5-3-8)12(14)17/h2-6,15H,7H2,1H3,(H2,14,17). The van der Waals surface area contributed by atoms with Gasteiger partial charge in [-0.25, -0.2) is 8.42 Å². The Morgan fingerprint density at radius 2 is 1.96 bits per heavy atom. The molecule has 2 rings (SSSR count). The average Bonchev–Trinajstić information content (AvgIpc) is 2.90. The first-order valence-electron chi connectivity index (χ1n) is 6.29. The summed E-state index contributed by atoms with van der Waals surface area (Å²) >= 11 is 0.807. The first-order valence-corrected chi connectivity index (χ1v) is 9.00. The number of rotatable bonds is 6. The quantitative estimate of drug-likeness (QED) is 0.599. The van der Waals surface area contributed by atoms with E-state index in [0.29, 0.717) is 5.56 Å². The molecular formula is C13H13N3O5S2. The number of carbonyl (C=O) groups excluding carboxylic acids is 1. The summed E-state index contributed by atoms with van der Waals surface area (Å²) in [6, 6.07) is 7.45. The maximum atomic E-state index is 11.5. The number of sulfone groups is 1. The van der Waals surface area contributed by atoms with Gasteiger partial charge in [-0.05, 0) is 17.7 Å². The van der Waals surface area contributed by atoms with Gasteiger partial charge in [0, 0.05) is 24.4 Å². The number of hydrogen-bond donors (Lipinski definition) is 2. The van der Waals surface area contributed by atoms with E-state index < -0.39 is 20.7 Å². The highest BCUT2D eigenvalue weighted by atomic mass is 32.2. The Hall–Kier alpha value is -2.46. The fraction of sp³-hybridized carbons (Fsp3) is 0.154. The Morgan fingerprint density at radius 1 is 1.35 bits per heavy atom. The van der Waals surface area contributed by atoms with Crippen LogP contribution >= 0.6 is 11.3 Å². The Kier molecular flexibility index (Phi) is 4.66. The van der Waals surface area contributed by atoms with E-state index >= 15 is 0 Å². The SMILES string of the molecule is CS(=O)(=O)c1cc([N+](=O)[O-])c(NCc2ccc(C(N)=O)cc2)s1. The normalized spacial score (nSPS) is 11.2. The lowest BCUT2D eigenvalue weighted by molar-refractivity contribution is -0.383. The number of amides is 1. The van der Waals surface area contributed by atoms with Crippen LogP contribution in [0, 0.1) is 10.1 Å². The van der Waals surface area contributed by atoms with E-state index in [1.807, 2.05) is 0 Å². The zero-order chi connectivity index (χ0) is 17.2. The third kappa shape index (κ3) is 4.05. The molecule has 0 aliphatic carbocycles. The predicted octanol–water partition coefficient (Wildman–Crippen LogP) is 1.77. The molecule has 0 aliphatic rings. The van der Waals surface area contributed by atoms with Crippen LogP contribution in [0.5, 0.6) is 0 Å². The minimum Gasteiger partial charge on any atom is -0.367 e. The summed E-state index contributed by atoms with van der Waals surface area (Å²) in [5.41, 5.74) is 5.97. The van der Waals surface area contributed by atoms with Crippen molar-refractivity contribution < 1.29 is 18.1 Å².